The molecule has 1 aromatic heterocycles. The molecule has 0 spiro atoms. The lowest BCUT2D eigenvalue weighted by Crippen LogP contribution is -2.19. The monoisotopic (exact) mass is 318 g/mol. The number of hydrogen-bond donors (Lipinski definition) is 1. The minimum atomic E-state index is -0.147. The van der Waals surface area contributed by atoms with Crippen molar-refractivity contribution in [3.05, 3.63) is 58.9 Å². The van der Waals surface area contributed by atoms with Gasteiger partial charge in [0.25, 0.3) is 0 Å². The van der Waals surface area contributed by atoms with E-state index in [1.807, 2.05) is 17.6 Å². The van der Waals surface area contributed by atoms with Crippen LogP contribution in [0.1, 0.15) is 22.5 Å². The smallest absolute Gasteiger partial charge is 0.244 e. The molecule has 0 saturated carbocycles. The number of carbonyl (C=O) groups is 1. The summed E-state index contributed by atoms with van der Waals surface area (Å²) in [5.74, 6) is 0.654. The number of nitrogens with zero attached hydrogens (tertiary/aromatic N) is 3. The first-order valence-electron chi connectivity index (χ1n) is 7.72. The third kappa shape index (κ3) is 2.99. The fraction of sp³-hybridized carbons (Fsp3) is 0.211. The van der Waals surface area contributed by atoms with Gasteiger partial charge in [0.05, 0.1) is 22.7 Å². The zero-order chi connectivity index (χ0) is 17.3. The summed E-state index contributed by atoms with van der Waals surface area (Å²) in [4.78, 5) is 16.9. The van der Waals surface area contributed by atoms with Gasteiger partial charge >= 0.3 is 0 Å². The molecule has 0 fully saturated rings. The molecule has 1 heterocycles. The average molecular weight is 318 g/mol. The van der Waals surface area contributed by atoms with Crippen LogP contribution in [0.4, 0.5) is 5.69 Å². The summed E-state index contributed by atoms with van der Waals surface area (Å²) in [6.45, 7) is 6.18. The van der Waals surface area contributed by atoms with Gasteiger partial charge in [0.1, 0.15) is 12.4 Å². The Balaban J connectivity index is 1.86. The molecule has 0 saturated heterocycles. The van der Waals surface area contributed by atoms with Gasteiger partial charge < -0.3 is 9.88 Å². The van der Waals surface area contributed by atoms with Crippen molar-refractivity contribution in [2.45, 2.75) is 27.3 Å². The quantitative estimate of drug-likeness (QED) is 0.804. The third-order valence-corrected chi connectivity index (χ3v) is 4.13. The second kappa shape index (κ2) is 6.17. The molecule has 3 aromatic rings. The van der Waals surface area contributed by atoms with Crippen molar-refractivity contribution in [2.75, 3.05) is 5.32 Å². The zero-order valence-electron chi connectivity index (χ0n) is 13.9. The van der Waals surface area contributed by atoms with Crippen LogP contribution in [-0.2, 0) is 11.3 Å². The number of amides is 1. The summed E-state index contributed by atoms with van der Waals surface area (Å²) in [5.41, 5.74) is 5.35. The van der Waals surface area contributed by atoms with Crippen LogP contribution in [0.2, 0.25) is 0 Å². The molecule has 0 aliphatic rings. The van der Waals surface area contributed by atoms with Crippen LogP contribution in [0.3, 0.4) is 0 Å². The highest BCUT2D eigenvalue weighted by atomic mass is 16.1. The first-order valence-corrected chi connectivity index (χ1v) is 7.72. The van der Waals surface area contributed by atoms with E-state index in [2.05, 4.69) is 36.3 Å². The van der Waals surface area contributed by atoms with Crippen molar-refractivity contribution in [2.24, 2.45) is 0 Å². The second-order valence-corrected chi connectivity index (χ2v) is 5.91. The van der Waals surface area contributed by atoms with Crippen molar-refractivity contribution in [3.63, 3.8) is 0 Å². The normalized spacial score (nSPS) is 10.6. The Bertz CT molecular complexity index is 979. The van der Waals surface area contributed by atoms with Crippen LogP contribution in [0.15, 0.2) is 36.4 Å². The van der Waals surface area contributed by atoms with Gasteiger partial charge in [-0.25, -0.2) is 4.98 Å². The highest BCUT2D eigenvalue weighted by Crippen LogP contribution is 2.21. The number of nitriles is 1. The topological polar surface area (TPSA) is 70.7 Å². The molecule has 0 aliphatic heterocycles. The fourth-order valence-electron chi connectivity index (χ4n) is 2.71. The molecule has 0 aliphatic carbocycles. The van der Waals surface area contributed by atoms with E-state index >= 15 is 0 Å². The highest BCUT2D eigenvalue weighted by molar-refractivity contribution is 5.92. The molecule has 0 unspecified atom stereocenters. The predicted octanol–water partition coefficient (Wildman–Crippen LogP) is 3.47. The lowest BCUT2D eigenvalue weighted by atomic mass is 10.1. The van der Waals surface area contributed by atoms with Gasteiger partial charge in [0, 0.05) is 5.69 Å². The molecule has 3 rings (SSSR count). The Morgan fingerprint density at radius 3 is 2.71 bits per heavy atom. The second-order valence-electron chi connectivity index (χ2n) is 5.91. The Hall–Kier alpha value is -3.13. The van der Waals surface area contributed by atoms with Crippen molar-refractivity contribution in [3.8, 4) is 6.07 Å². The SMILES string of the molecule is Cc1cc2nc(C)n(CC(=O)Nc3cccc(C#N)c3)c2cc1C. The highest BCUT2D eigenvalue weighted by Gasteiger charge is 2.12. The summed E-state index contributed by atoms with van der Waals surface area (Å²) in [6, 6.07) is 13.0. The Kier molecular flexibility index (Phi) is 4.05. The molecule has 0 bridgehead atoms. The molecule has 24 heavy (non-hydrogen) atoms. The molecule has 0 atom stereocenters. The third-order valence-electron chi connectivity index (χ3n) is 4.13. The summed E-state index contributed by atoms with van der Waals surface area (Å²) in [5, 5.41) is 11.8. The van der Waals surface area contributed by atoms with Crippen LogP contribution in [0.5, 0.6) is 0 Å². The van der Waals surface area contributed by atoms with Crippen LogP contribution < -0.4 is 5.32 Å². The number of imidazole rings is 1. The Morgan fingerprint density at radius 1 is 1.21 bits per heavy atom. The van der Waals surface area contributed by atoms with Gasteiger partial charge in [-0.2, -0.15) is 5.26 Å². The van der Waals surface area contributed by atoms with Gasteiger partial charge in [-0.1, -0.05) is 6.07 Å². The van der Waals surface area contributed by atoms with Crippen LogP contribution in [-0.4, -0.2) is 15.5 Å². The Labute approximate surface area is 140 Å². The number of rotatable bonds is 3. The van der Waals surface area contributed by atoms with Crippen LogP contribution in [0, 0.1) is 32.1 Å². The molecule has 5 heteroatoms. The molecular weight excluding hydrogens is 300 g/mol. The average Bonchev–Trinajstić information content (AvgIpc) is 2.83. The number of anilines is 1. The van der Waals surface area contributed by atoms with Gasteiger partial charge in [0.15, 0.2) is 0 Å². The van der Waals surface area contributed by atoms with E-state index in [0.29, 0.717) is 11.3 Å². The molecule has 0 radical (unpaired) electrons. The fourth-order valence-corrected chi connectivity index (χ4v) is 2.71. The largest absolute Gasteiger partial charge is 0.324 e. The van der Waals surface area contributed by atoms with Crippen molar-refractivity contribution in [1.29, 1.82) is 5.26 Å². The van der Waals surface area contributed by atoms with Gasteiger partial charge in [-0.15, -0.1) is 0 Å². The maximum atomic E-state index is 12.4. The van der Waals surface area contributed by atoms with E-state index < -0.39 is 0 Å². The van der Waals surface area contributed by atoms with E-state index in [1.54, 1.807) is 24.3 Å². The van der Waals surface area contributed by atoms with E-state index in [9.17, 15) is 4.79 Å². The molecule has 120 valence electrons. The first kappa shape index (κ1) is 15.8. The lowest BCUT2D eigenvalue weighted by molar-refractivity contribution is -0.116. The minimum absolute atomic E-state index is 0.147. The summed E-state index contributed by atoms with van der Waals surface area (Å²) < 4.78 is 1.91. The molecule has 1 N–H and O–H groups in total. The minimum Gasteiger partial charge on any atom is -0.324 e. The number of aromatic nitrogens is 2. The molecule has 1 amide bonds. The summed E-state index contributed by atoms with van der Waals surface area (Å²) >= 11 is 0. The van der Waals surface area contributed by atoms with E-state index in [0.717, 1.165) is 16.9 Å². The standard InChI is InChI=1S/C19H18N4O/c1-12-7-17-18(8-13(12)2)23(14(3)21-17)11-19(24)22-16-6-4-5-15(9-16)10-20/h4-9H,11H2,1-3H3,(H,22,24). The van der Waals surface area contributed by atoms with Gasteiger partial charge in [-0.3, -0.25) is 4.79 Å². The number of nitrogens with one attached hydrogen (secondary N) is 1. The zero-order valence-corrected chi connectivity index (χ0v) is 13.9. The maximum absolute atomic E-state index is 12.4. The predicted molar refractivity (Wildman–Crippen MR) is 93.7 cm³/mol. The summed E-state index contributed by atoms with van der Waals surface area (Å²) in [6.07, 6.45) is 0. The molecule has 2 aromatic carbocycles. The van der Waals surface area contributed by atoms with Crippen molar-refractivity contribution >= 4 is 22.6 Å². The first-order chi connectivity index (χ1) is 11.5. The van der Waals surface area contributed by atoms with Crippen molar-refractivity contribution in [1.82, 2.24) is 9.55 Å². The summed E-state index contributed by atoms with van der Waals surface area (Å²) in [7, 11) is 0. The number of hydrogen-bond acceptors (Lipinski definition) is 3. The number of aryl methyl sites for hydroxylation is 3. The van der Waals surface area contributed by atoms with Gasteiger partial charge in [0.2, 0.25) is 5.91 Å². The van der Waals surface area contributed by atoms with Crippen molar-refractivity contribution < 1.29 is 4.79 Å². The van der Waals surface area contributed by atoms with E-state index in [1.165, 1.54) is 11.1 Å². The number of benzene rings is 2. The Morgan fingerprint density at radius 2 is 1.96 bits per heavy atom. The number of carbonyl (C=O) groups excluding carboxylic acids is 1. The van der Waals surface area contributed by atoms with Gasteiger partial charge in [-0.05, 0) is 62.2 Å². The van der Waals surface area contributed by atoms with Crippen LogP contribution in [0.25, 0.3) is 11.0 Å². The maximum Gasteiger partial charge on any atom is 0.244 e. The molecule has 5 nitrogen and oxygen atoms in total. The van der Waals surface area contributed by atoms with E-state index in [-0.39, 0.29) is 12.5 Å². The van der Waals surface area contributed by atoms with E-state index in [4.69, 9.17) is 5.26 Å². The number of fused-ring (bicyclic) bond motifs is 1. The van der Waals surface area contributed by atoms with Crippen LogP contribution >= 0.6 is 0 Å². The lowest BCUT2D eigenvalue weighted by Gasteiger charge is -2.09. The molecular formula is C19H18N4O.